The Labute approximate surface area is 188 Å². The van der Waals surface area contributed by atoms with Crippen LogP contribution in [0, 0.1) is 0 Å². The summed E-state index contributed by atoms with van der Waals surface area (Å²) in [5.41, 5.74) is 3.78. The molecule has 32 heavy (non-hydrogen) atoms. The molecule has 1 amide bonds. The van der Waals surface area contributed by atoms with Crippen molar-refractivity contribution in [3.05, 3.63) is 95.1 Å². The first-order chi connectivity index (χ1) is 15.7. The first-order valence-electron chi connectivity index (χ1n) is 10.2. The zero-order valence-corrected chi connectivity index (χ0v) is 18.1. The number of rotatable bonds is 6. The highest BCUT2D eigenvalue weighted by molar-refractivity contribution is 7.15. The molecule has 0 bridgehead atoms. The Balaban J connectivity index is 1.29. The van der Waals surface area contributed by atoms with Gasteiger partial charge in [-0.2, -0.15) is 5.10 Å². The molecule has 5 rings (SSSR count). The molecule has 0 fully saturated rings. The van der Waals surface area contributed by atoms with E-state index < -0.39 is 0 Å². The lowest BCUT2D eigenvalue weighted by Gasteiger charge is -2.10. The van der Waals surface area contributed by atoms with E-state index in [0.717, 1.165) is 33.5 Å². The van der Waals surface area contributed by atoms with Crippen LogP contribution in [0.4, 0.5) is 0 Å². The minimum atomic E-state index is -0.176. The number of hydrogen-bond donors (Lipinski definition) is 2. The molecule has 0 saturated heterocycles. The van der Waals surface area contributed by atoms with Gasteiger partial charge in [-0.15, -0.1) is 11.3 Å². The summed E-state index contributed by atoms with van der Waals surface area (Å²) in [6.07, 6.45) is 4.55. The van der Waals surface area contributed by atoms with Crippen LogP contribution < -0.4 is 10.1 Å². The van der Waals surface area contributed by atoms with Gasteiger partial charge in [0, 0.05) is 35.5 Å². The van der Waals surface area contributed by atoms with E-state index in [-0.39, 0.29) is 5.91 Å². The largest absolute Gasteiger partial charge is 0.457 e. The average Bonchev–Trinajstić information content (AvgIpc) is 3.49. The molecule has 0 aliphatic heterocycles. The fourth-order valence-corrected chi connectivity index (χ4v) is 4.42. The molecule has 2 heterocycles. The highest BCUT2D eigenvalue weighted by atomic mass is 32.1. The molecule has 0 radical (unpaired) electrons. The Morgan fingerprint density at radius 1 is 1.06 bits per heavy atom. The minimum absolute atomic E-state index is 0.176. The Kier molecular flexibility index (Phi) is 5.39. The van der Waals surface area contributed by atoms with Crippen molar-refractivity contribution >= 4 is 28.1 Å². The number of aromatic nitrogens is 3. The molecule has 158 valence electrons. The van der Waals surface area contributed by atoms with Crippen molar-refractivity contribution in [2.24, 2.45) is 0 Å². The second-order valence-electron chi connectivity index (χ2n) is 7.30. The number of benzene rings is 3. The lowest BCUT2D eigenvalue weighted by atomic mass is 10.1. The number of hydrogen-bond acceptors (Lipinski definition) is 5. The number of nitrogens with one attached hydrogen (secondary N) is 2. The van der Waals surface area contributed by atoms with E-state index >= 15 is 0 Å². The van der Waals surface area contributed by atoms with Crippen LogP contribution in [0.1, 0.15) is 20.8 Å². The number of para-hydroxylation sites is 1. The Hall–Kier alpha value is -3.97. The van der Waals surface area contributed by atoms with Crippen LogP contribution >= 0.6 is 11.3 Å². The van der Waals surface area contributed by atoms with Crippen LogP contribution in [0.3, 0.4) is 0 Å². The summed E-state index contributed by atoms with van der Waals surface area (Å²) < 4.78 is 5.95. The number of nitrogens with zero attached hydrogens (tertiary/aromatic N) is 2. The molecular formula is C25H20N4O2S. The van der Waals surface area contributed by atoms with E-state index in [4.69, 9.17) is 4.74 Å². The number of amides is 1. The van der Waals surface area contributed by atoms with Crippen LogP contribution in [0.25, 0.3) is 21.5 Å². The number of thiazole rings is 1. The molecule has 0 atom stereocenters. The van der Waals surface area contributed by atoms with Gasteiger partial charge >= 0.3 is 0 Å². The third-order valence-corrected chi connectivity index (χ3v) is 6.18. The number of fused-ring (bicyclic) bond motifs is 1. The number of H-pyrrole nitrogens is 1. The highest BCUT2D eigenvalue weighted by Crippen LogP contribution is 2.30. The summed E-state index contributed by atoms with van der Waals surface area (Å²) in [7, 11) is 1.61. The smallest absolute Gasteiger partial charge is 0.254 e. The van der Waals surface area contributed by atoms with E-state index in [0.29, 0.717) is 17.1 Å². The molecule has 2 N–H and O–H groups in total. The van der Waals surface area contributed by atoms with E-state index in [2.05, 4.69) is 32.6 Å². The molecular weight excluding hydrogens is 420 g/mol. The number of carbonyl (C=O) groups is 1. The van der Waals surface area contributed by atoms with Gasteiger partial charge in [0.05, 0.1) is 17.3 Å². The Bertz CT molecular complexity index is 1390. The van der Waals surface area contributed by atoms with Crippen molar-refractivity contribution in [1.82, 2.24) is 20.5 Å². The molecule has 0 spiro atoms. The molecule has 7 heteroatoms. The van der Waals surface area contributed by atoms with Crippen LogP contribution in [-0.2, 0) is 6.42 Å². The summed E-state index contributed by atoms with van der Waals surface area (Å²) in [6.45, 7) is 0. The van der Waals surface area contributed by atoms with Gasteiger partial charge in [0.25, 0.3) is 5.91 Å². The summed E-state index contributed by atoms with van der Waals surface area (Å²) in [5.74, 6) is 1.04. The summed E-state index contributed by atoms with van der Waals surface area (Å²) in [4.78, 5) is 17.8. The fraction of sp³-hybridized carbons (Fsp3) is 0.0800. The van der Waals surface area contributed by atoms with Crippen LogP contribution in [0.2, 0.25) is 0 Å². The minimum Gasteiger partial charge on any atom is -0.457 e. The van der Waals surface area contributed by atoms with Gasteiger partial charge in [-0.05, 0) is 48.0 Å². The number of ether oxygens (including phenoxy) is 1. The topological polar surface area (TPSA) is 79.9 Å². The SMILES string of the molecule is CNC(=O)c1ccccc1Oc1ccc(Cc2cnc(-c3ccc4[nH]ncc4c3)s2)cc1. The molecule has 6 nitrogen and oxygen atoms in total. The first-order valence-corrected chi connectivity index (χ1v) is 11.0. The average molecular weight is 441 g/mol. The molecule has 0 unspecified atom stereocenters. The van der Waals surface area contributed by atoms with Gasteiger partial charge in [-0.25, -0.2) is 4.98 Å². The van der Waals surface area contributed by atoms with Crippen molar-refractivity contribution in [2.75, 3.05) is 7.05 Å². The predicted molar refractivity (Wildman–Crippen MR) is 126 cm³/mol. The van der Waals surface area contributed by atoms with Crippen molar-refractivity contribution < 1.29 is 9.53 Å². The molecule has 5 aromatic rings. The van der Waals surface area contributed by atoms with Crippen molar-refractivity contribution in [2.45, 2.75) is 6.42 Å². The maximum atomic E-state index is 12.0. The van der Waals surface area contributed by atoms with Crippen LogP contribution in [0.15, 0.2) is 79.1 Å². The molecule has 3 aromatic carbocycles. The van der Waals surface area contributed by atoms with E-state index in [9.17, 15) is 4.79 Å². The fourth-order valence-electron chi connectivity index (χ4n) is 3.48. The summed E-state index contributed by atoms with van der Waals surface area (Å²) >= 11 is 1.69. The van der Waals surface area contributed by atoms with Gasteiger partial charge in [0.15, 0.2) is 0 Å². The normalized spacial score (nSPS) is 10.9. The third kappa shape index (κ3) is 4.10. The predicted octanol–water partition coefficient (Wildman–Crippen LogP) is 5.43. The molecule has 0 saturated carbocycles. The van der Waals surface area contributed by atoms with Gasteiger partial charge in [0.2, 0.25) is 0 Å². The molecule has 0 aliphatic rings. The molecule has 2 aromatic heterocycles. The van der Waals surface area contributed by atoms with Gasteiger partial charge in [-0.1, -0.05) is 24.3 Å². The molecule has 0 aliphatic carbocycles. The lowest BCUT2D eigenvalue weighted by molar-refractivity contribution is 0.0961. The maximum absolute atomic E-state index is 12.0. The second-order valence-corrected chi connectivity index (χ2v) is 8.42. The van der Waals surface area contributed by atoms with Crippen molar-refractivity contribution in [3.63, 3.8) is 0 Å². The van der Waals surface area contributed by atoms with Crippen LogP contribution in [-0.4, -0.2) is 28.1 Å². The van der Waals surface area contributed by atoms with Gasteiger partial charge < -0.3 is 10.1 Å². The zero-order chi connectivity index (χ0) is 21.9. The van der Waals surface area contributed by atoms with Crippen LogP contribution in [0.5, 0.6) is 11.5 Å². The monoisotopic (exact) mass is 440 g/mol. The van der Waals surface area contributed by atoms with Gasteiger partial charge in [0.1, 0.15) is 16.5 Å². The standard InChI is InChI=1S/C25H20N4O2S/c1-26-24(30)21-4-2-3-5-23(21)31-19-9-6-16(7-10-19)12-20-15-27-25(32-20)17-8-11-22-18(13-17)14-28-29-22/h2-11,13-15H,12H2,1H3,(H,26,30)(H,28,29). The van der Waals surface area contributed by atoms with Gasteiger partial charge in [-0.3, -0.25) is 9.89 Å². The summed E-state index contributed by atoms with van der Waals surface area (Å²) in [6, 6.07) is 21.3. The van der Waals surface area contributed by atoms with E-state index in [1.807, 2.05) is 54.9 Å². The highest BCUT2D eigenvalue weighted by Gasteiger charge is 2.11. The van der Waals surface area contributed by atoms with Crippen molar-refractivity contribution in [3.8, 4) is 22.1 Å². The van der Waals surface area contributed by atoms with E-state index in [1.54, 1.807) is 30.5 Å². The Morgan fingerprint density at radius 3 is 2.75 bits per heavy atom. The zero-order valence-electron chi connectivity index (χ0n) is 17.3. The quantitative estimate of drug-likeness (QED) is 0.369. The maximum Gasteiger partial charge on any atom is 0.254 e. The first kappa shape index (κ1) is 20.0. The lowest BCUT2D eigenvalue weighted by Crippen LogP contribution is -2.18. The van der Waals surface area contributed by atoms with E-state index in [1.165, 1.54) is 4.88 Å². The third-order valence-electron chi connectivity index (χ3n) is 5.13. The van der Waals surface area contributed by atoms with Crippen molar-refractivity contribution in [1.29, 1.82) is 0 Å². The number of aromatic amines is 1. The Morgan fingerprint density at radius 2 is 1.91 bits per heavy atom. The number of carbonyl (C=O) groups excluding carboxylic acids is 1. The second kappa shape index (κ2) is 8.64. The summed E-state index contributed by atoms with van der Waals surface area (Å²) in [5, 5.41) is 11.8.